The number of aliphatic hydroxyl groups is 1. The largest absolute Gasteiger partial charge is 0.496 e. The number of aliphatic hydroxyl groups excluding tert-OH is 1. The number of carbonyl (C=O) groups is 2. The van der Waals surface area contributed by atoms with Crippen LogP contribution in [0, 0.1) is 5.92 Å². The van der Waals surface area contributed by atoms with Crippen LogP contribution < -0.4 is 30.0 Å². The van der Waals surface area contributed by atoms with Gasteiger partial charge in [0, 0.05) is 44.5 Å². The van der Waals surface area contributed by atoms with Gasteiger partial charge in [0.25, 0.3) is 0 Å². The SMILES string of the molecule is COc1ccccc1COCCCOc1ccc(Oc2ccc([C@H]3[C@H](O)CN(C(=O)[C@@H](N)CC(C)C)C[C@@H]3OCCOc3ccccc3CCNC(C)=O)cc2)cc1. The van der Waals surface area contributed by atoms with E-state index in [0.29, 0.717) is 56.5 Å². The molecule has 4 N–H and O–H groups in total. The van der Waals surface area contributed by atoms with Gasteiger partial charge in [-0.3, -0.25) is 9.59 Å². The van der Waals surface area contributed by atoms with Gasteiger partial charge in [-0.2, -0.15) is 0 Å². The Labute approximate surface area is 342 Å². The Kier molecular flexibility index (Phi) is 17.2. The third-order valence-corrected chi connectivity index (χ3v) is 9.87. The Bertz CT molecular complexity index is 1850. The topological polar surface area (TPSA) is 151 Å². The summed E-state index contributed by atoms with van der Waals surface area (Å²) in [7, 11) is 1.65. The second kappa shape index (κ2) is 22.7. The van der Waals surface area contributed by atoms with E-state index in [2.05, 4.69) is 5.32 Å². The van der Waals surface area contributed by atoms with Gasteiger partial charge in [0.05, 0.1) is 51.8 Å². The highest BCUT2D eigenvalue weighted by atomic mass is 16.5. The van der Waals surface area contributed by atoms with E-state index in [9.17, 15) is 14.7 Å². The number of β-amino-alcohol motifs (C(OH)–C–C–N with tert-alkyl or cyclic N) is 1. The summed E-state index contributed by atoms with van der Waals surface area (Å²) in [4.78, 5) is 26.4. The summed E-state index contributed by atoms with van der Waals surface area (Å²) in [6, 6.07) is 29.9. The molecule has 0 saturated carbocycles. The molecule has 0 unspecified atom stereocenters. The fourth-order valence-electron chi connectivity index (χ4n) is 7.04. The summed E-state index contributed by atoms with van der Waals surface area (Å²) in [6.07, 6.45) is 0.517. The molecular weight excluding hydrogens is 739 g/mol. The van der Waals surface area contributed by atoms with E-state index in [1.165, 1.54) is 6.92 Å². The lowest BCUT2D eigenvalue weighted by Gasteiger charge is -2.42. The summed E-state index contributed by atoms with van der Waals surface area (Å²) >= 11 is 0. The number of amides is 2. The van der Waals surface area contributed by atoms with Gasteiger partial charge in [-0.15, -0.1) is 0 Å². The average molecular weight is 798 g/mol. The van der Waals surface area contributed by atoms with Crippen LogP contribution in [0.3, 0.4) is 0 Å². The van der Waals surface area contributed by atoms with Crippen LogP contribution in [0.4, 0.5) is 0 Å². The molecule has 1 aliphatic heterocycles. The summed E-state index contributed by atoms with van der Waals surface area (Å²) in [5.74, 6) is 3.13. The second-order valence-electron chi connectivity index (χ2n) is 14.9. The van der Waals surface area contributed by atoms with Crippen LogP contribution in [-0.4, -0.2) is 93.2 Å². The van der Waals surface area contributed by atoms with Crippen molar-refractivity contribution in [2.45, 2.75) is 70.8 Å². The van der Waals surface area contributed by atoms with Crippen LogP contribution in [0.25, 0.3) is 0 Å². The number of rotatable bonds is 22. The molecule has 0 bridgehead atoms. The monoisotopic (exact) mass is 797 g/mol. The second-order valence-corrected chi connectivity index (χ2v) is 14.9. The lowest BCUT2D eigenvalue weighted by Crippen LogP contribution is -2.57. The molecule has 0 aliphatic carbocycles. The van der Waals surface area contributed by atoms with Gasteiger partial charge >= 0.3 is 0 Å². The first-order valence-electron chi connectivity index (χ1n) is 20.1. The van der Waals surface area contributed by atoms with Crippen LogP contribution in [0.2, 0.25) is 0 Å². The summed E-state index contributed by atoms with van der Waals surface area (Å²) in [5, 5.41) is 14.4. The highest BCUT2D eigenvalue weighted by molar-refractivity contribution is 5.82. The number of benzene rings is 4. The van der Waals surface area contributed by atoms with Crippen molar-refractivity contribution in [1.29, 1.82) is 0 Å². The molecule has 0 spiro atoms. The van der Waals surface area contributed by atoms with Gasteiger partial charge < -0.3 is 49.5 Å². The van der Waals surface area contributed by atoms with E-state index in [-0.39, 0.29) is 44.0 Å². The zero-order chi connectivity index (χ0) is 41.3. The third-order valence-electron chi connectivity index (χ3n) is 9.87. The van der Waals surface area contributed by atoms with E-state index in [1.807, 2.05) is 111 Å². The summed E-state index contributed by atoms with van der Waals surface area (Å²) < 4.78 is 35.7. The average Bonchev–Trinajstić information content (AvgIpc) is 3.21. The number of likely N-dealkylation sites (tertiary alicyclic amines) is 1. The van der Waals surface area contributed by atoms with Crippen molar-refractivity contribution in [2.24, 2.45) is 11.7 Å². The number of nitrogens with zero attached hydrogens (tertiary/aromatic N) is 1. The molecule has 58 heavy (non-hydrogen) atoms. The van der Waals surface area contributed by atoms with E-state index in [1.54, 1.807) is 12.0 Å². The molecule has 12 nitrogen and oxygen atoms in total. The Hall–Kier alpha value is -5.14. The zero-order valence-corrected chi connectivity index (χ0v) is 34.1. The predicted molar refractivity (Wildman–Crippen MR) is 223 cm³/mol. The van der Waals surface area contributed by atoms with Crippen LogP contribution in [0.5, 0.6) is 28.7 Å². The summed E-state index contributed by atoms with van der Waals surface area (Å²) in [5.41, 5.74) is 9.15. The number of carbonyl (C=O) groups excluding carboxylic acids is 2. The van der Waals surface area contributed by atoms with Gasteiger partial charge in [0.2, 0.25) is 11.8 Å². The maximum Gasteiger partial charge on any atom is 0.239 e. The molecule has 1 fully saturated rings. The molecule has 4 aromatic rings. The molecule has 4 atom stereocenters. The minimum atomic E-state index is -0.886. The Morgan fingerprint density at radius 3 is 2.16 bits per heavy atom. The van der Waals surface area contributed by atoms with Crippen molar-refractivity contribution < 1.29 is 43.1 Å². The fraction of sp³-hybridized carbons (Fsp3) is 0.435. The molecule has 312 valence electrons. The van der Waals surface area contributed by atoms with E-state index in [0.717, 1.165) is 34.6 Å². The molecule has 1 aliphatic rings. The smallest absolute Gasteiger partial charge is 0.239 e. The van der Waals surface area contributed by atoms with Crippen LogP contribution in [0.15, 0.2) is 97.1 Å². The maximum absolute atomic E-state index is 13.4. The highest BCUT2D eigenvalue weighted by Crippen LogP contribution is 2.34. The number of methoxy groups -OCH3 is 1. The van der Waals surface area contributed by atoms with Gasteiger partial charge in [0.15, 0.2) is 0 Å². The molecule has 4 aromatic carbocycles. The molecule has 1 saturated heterocycles. The van der Waals surface area contributed by atoms with Gasteiger partial charge in [-0.25, -0.2) is 0 Å². The zero-order valence-electron chi connectivity index (χ0n) is 34.1. The molecular formula is C46H59N3O9. The van der Waals surface area contributed by atoms with Gasteiger partial charge in [-0.1, -0.05) is 62.4 Å². The Morgan fingerprint density at radius 1 is 0.810 bits per heavy atom. The lowest BCUT2D eigenvalue weighted by molar-refractivity contribution is -0.143. The van der Waals surface area contributed by atoms with E-state index < -0.39 is 24.2 Å². The number of nitrogens with two attached hydrogens (primary N) is 1. The van der Waals surface area contributed by atoms with Crippen molar-refractivity contribution >= 4 is 11.8 Å². The number of hydrogen-bond donors (Lipinski definition) is 3. The van der Waals surface area contributed by atoms with Crippen LogP contribution in [-0.2, 0) is 32.1 Å². The molecule has 0 aromatic heterocycles. The number of ether oxygens (including phenoxy) is 6. The molecule has 0 radical (unpaired) electrons. The number of hydrogen-bond acceptors (Lipinski definition) is 10. The first kappa shape index (κ1) is 44.0. The Balaban J connectivity index is 1.15. The molecule has 12 heteroatoms. The minimum Gasteiger partial charge on any atom is -0.496 e. The molecule has 2 amide bonds. The van der Waals surface area contributed by atoms with E-state index >= 15 is 0 Å². The first-order chi connectivity index (χ1) is 28.1. The number of nitrogens with one attached hydrogen (secondary N) is 1. The van der Waals surface area contributed by atoms with Crippen LogP contribution >= 0.6 is 0 Å². The molecule has 5 rings (SSSR count). The predicted octanol–water partition coefficient (Wildman–Crippen LogP) is 6.28. The molecule has 1 heterocycles. The normalized spacial score (nSPS) is 17.1. The van der Waals surface area contributed by atoms with Crippen molar-refractivity contribution in [1.82, 2.24) is 10.2 Å². The van der Waals surface area contributed by atoms with Gasteiger partial charge in [-0.05, 0) is 78.4 Å². The first-order valence-corrected chi connectivity index (χ1v) is 20.1. The Morgan fingerprint density at radius 2 is 1.47 bits per heavy atom. The standard InChI is InChI=1S/C46H59N3O9/c1-32(2)28-40(47)46(52)49-29-41(51)45(44(30-49)57-27-26-56-43-13-8-5-10-34(43)22-23-48-33(3)50)35-14-16-38(17-15-35)58-39-20-18-37(19-21-39)55-25-9-24-54-31-36-11-6-7-12-42(36)53-4/h5-8,10-21,32,40-41,44-45,51H,9,22-31,47H2,1-4H3,(H,48,50)/t40-,41+,44-,45-/m0/s1. The highest BCUT2D eigenvalue weighted by Gasteiger charge is 2.40. The van der Waals surface area contributed by atoms with Crippen molar-refractivity contribution in [2.75, 3.05) is 53.2 Å². The summed E-state index contributed by atoms with van der Waals surface area (Å²) in [6.45, 7) is 8.53. The minimum absolute atomic E-state index is 0.0807. The van der Waals surface area contributed by atoms with Crippen molar-refractivity contribution in [3.8, 4) is 28.7 Å². The van der Waals surface area contributed by atoms with Crippen molar-refractivity contribution in [3.63, 3.8) is 0 Å². The number of piperidine rings is 1. The number of para-hydroxylation sites is 2. The fourth-order valence-corrected chi connectivity index (χ4v) is 7.04. The van der Waals surface area contributed by atoms with E-state index in [4.69, 9.17) is 34.2 Å². The van der Waals surface area contributed by atoms with Gasteiger partial charge in [0.1, 0.15) is 35.4 Å². The quantitative estimate of drug-likeness (QED) is 0.0776. The lowest BCUT2D eigenvalue weighted by atomic mass is 9.84. The third kappa shape index (κ3) is 13.5. The maximum atomic E-state index is 13.4. The van der Waals surface area contributed by atoms with Crippen LogP contribution in [0.1, 0.15) is 56.2 Å². The van der Waals surface area contributed by atoms with Crippen molar-refractivity contribution in [3.05, 3.63) is 114 Å².